The molecule has 1 unspecified atom stereocenters. The van der Waals surface area contributed by atoms with Gasteiger partial charge in [-0.2, -0.15) is 0 Å². The van der Waals surface area contributed by atoms with E-state index < -0.39 is 11.0 Å². The van der Waals surface area contributed by atoms with E-state index in [9.17, 15) is 14.4 Å². The van der Waals surface area contributed by atoms with Crippen LogP contribution in [0, 0.1) is 12.3 Å². The number of hydrogen-bond acceptors (Lipinski definition) is 7. The number of benzene rings is 2. The number of fused-ring (bicyclic) bond motifs is 2. The third-order valence-corrected chi connectivity index (χ3v) is 6.28. The summed E-state index contributed by atoms with van der Waals surface area (Å²) >= 11 is 0. The fourth-order valence-electron chi connectivity index (χ4n) is 4.32. The Morgan fingerprint density at radius 1 is 1.08 bits per heavy atom. The summed E-state index contributed by atoms with van der Waals surface area (Å²) < 4.78 is 12.2. The average Bonchev–Trinajstić information content (AvgIpc) is 3.17. The second-order valence-corrected chi connectivity index (χ2v) is 11.6. The zero-order chi connectivity index (χ0) is 27.1. The smallest absolute Gasteiger partial charge is 0.338 e. The first-order valence-electron chi connectivity index (χ1n) is 12.5. The van der Waals surface area contributed by atoms with Gasteiger partial charge in [0.05, 0.1) is 27.9 Å². The first kappa shape index (κ1) is 26.4. The second kappa shape index (κ2) is 9.65. The van der Waals surface area contributed by atoms with Crippen molar-refractivity contribution in [3.63, 3.8) is 0 Å². The zero-order valence-electron chi connectivity index (χ0n) is 22.6. The molecule has 0 saturated heterocycles. The molecule has 3 aromatic rings. The van der Waals surface area contributed by atoms with Gasteiger partial charge in [0.2, 0.25) is 0 Å². The molecule has 0 spiro atoms. The Morgan fingerprint density at radius 2 is 1.76 bits per heavy atom. The third-order valence-electron chi connectivity index (χ3n) is 6.28. The molecule has 0 fully saturated rings. The van der Waals surface area contributed by atoms with E-state index in [-0.39, 0.29) is 30.3 Å². The monoisotopic (exact) mass is 505 g/mol. The van der Waals surface area contributed by atoms with Gasteiger partial charge in [0, 0.05) is 5.69 Å². The van der Waals surface area contributed by atoms with Crippen LogP contribution in [0.25, 0.3) is 10.9 Å². The maximum Gasteiger partial charge on any atom is 0.338 e. The lowest BCUT2D eigenvalue weighted by Gasteiger charge is -2.20. The van der Waals surface area contributed by atoms with Crippen molar-refractivity contribution in [2.24, 2.45) is 5.41 Å². The number of carbonyl (C=O) groups is 2. The Bertz CT molecular complexity index is 1410. The quantitative estimate of drug-likeness (QED) is 0.469. The van der Waals surface area contributed by atoms with E-state index in [0.29, 0.717) is 22.3 Å². The number of carbonyl (C=O) groups excluding carboxylic acids is 2. The van der Waals surface area contributed by atoms with E-state index in [2.05, 4.69) is 10.3 Å². The number of nitrogens with zero attached hydrogens (tertiary/aromatic N) is 2. The van der Waals surface area contributed by atoms with E-state index in [0.717, 1.165) is 29.7 Å². The Balaban J connectivity index is 1.57. The predicted octanol–water partition coefficient (Wildman–Crippen LogP) is 5.31. The number of anilines is 1. The van der Waals surface area contributed by atoms with Crippen molar-refractivity contribution in [2.75, 3.05) is 5.32 Å². The molecule has 0 radical (unpaired) electrons. The molecule has 1 aliphatic rings. The molecule has 0 amide bonds. The van der Waals surface area contributed by atoms with Crippen LogP contribution in [0.3, 0.4) is 0 Å². The summed E-state index contributed by atoms with van der Waals surface area (Å²) in [5.41, 5.74) is 2.76. The van der Waals surface area contributed by atoms with Gasteiger partial charge in [-0.25, -0.2) is 9.78 Å². The minimum absolute atomic E-state index is 0.0136. The van der Waals surface area contributed by atoms with Crippen LogP contribution in [0.2, 0.25) is 0 Å². The number of aromatic nitrogens is 2. The first-order chi connectivity index (χ1) is 17.2. The third kappa shape index (κ3) is 5.84. The molecular weight excluding hydrogens is 470 g/mol. The molecular formula is C29H35N3O5. The van der Waals surface area contributed by atoms with Gasteiger partial charge in [-0.05, 0) is 109 Å². The lowest BCUT2D eigenvalue weighted by atomic mass is 9.98. The molecule has 1 aliphatic carbocycles. The minimum atomic E-state index is -0.660. The largest absolute Gasteiger partial charge is 0.456 e. The molecule has 8 nitrogen and oxygen atoms in total. The highest BCUT2D eigenvalue weighted by molar-refractivity contribution is 5.90. The van der Waals surface area contributed by atoms with E-state index in [1.54, 1.807) is 39.8 Å². The summed E-state index contributed by atoms with van der Waals surface area (Å²) in [7, 11) is 0. The van der Waals surface area contributed by atoms with Gasteiger partial charge in [0.1, 0.15) is 11.4 Å². The minimum Gasteiger partial charge on any atom is -0.456 e. The second-order valence-electron chi connectivity index (χ2n) is 11.6. The van der Waals surface area contributed by atoms with Crippen LogP contribution in [0.1, 0.15) is 81.3 Å². The van der Waals surface area contributed by atoms with Crippen molar-refractivity contribution in [1.29, 1.82) is 0 Å². The first-order valence-corrected chi connectivity index (χ1v) is 12.5. The van der Waals surface area contributed by atoms with Gasteiger partial charge in [-0.15, -0.1) is 0 Å². The number of ether oxygens (including phenoxy) is 2. The Morgan fingerprint density at radius 3 is 2.38 bits per heavy atom. The fourth-order valence-corrected chi connectivity index (χ4v) is 4.32. The molecule has 8 heteroatoms. The van der Waals surface area contributed by atoms with Crippen molar-refractivity contribution >= 4 is 28.5 Å². The van der Waals surface area contributed by atoms with Gasteiger partial charge in [0.25, 0.3) is 5.56 Å². The van der Waals surface area contributed by atoms with Crippen molar-refractivity contribution in [1.82, 2.24) is 9.55 Å². The highest BCUT2D eigenvalue weighted by Gasteiger charge is 2.26. The molecule has 1 atom stereocenters. The van der Waals surface area contributed by atoms with Gasteiger partial charge >= 0.3 is 11.9 Å². The van der Waals surface area contributed by atoms with Crippen molar-refractivity contribution in [2.45, 2.75) is 79.7 Å². The van der Waals surface area contributed by atoms with Crippen molar-refractivity contribution in [3.8, 4) is 0 Å². The highest BCUT2D eigenvalue weighted by Crippen LogP contribution is 2.36. The molecule has 2 aromatic carbocycles. The SMILES string of the molecule is Cc1nc2cc3c(cc2c(=O)n1COC(=O)C(C)(C)C)C(Nc1ccc(C(=O)OC(C)(C)C)cc1)CC3. The van der Waals surface area contributed by atoms with Crippen LogP contribution in [0.5, 0.6) is 0 Å². The molecule has 1 heterocycles. The zero-order valence-corrected chi connectivity index (χ0v) is 22.6. The van der Waals surface area contributed by atoms with E-state index in [1.165, 1.54) is 4.57 Å². The average molecular weight is 506 g/mol. The fraction of sp³-hybridized carbons (Fsp3) is 0.448. The molecule has 1 aromatic heterocycles. The highest BCUT2D eigenvalue weighted by atomic mass is 16.6. The lowest BCUT2D eigenvalue weighted by molar-refractivity contribution is -0.157. The van der Waals surface area contributed by atoms with Gasteiger partial charge < -0.3 is 14.8 Å². The van der Waals surface area contributed by atoms with Crippen LogP contribution in [-0.4, -0.2) is 27.1 Å². The summed E-state index contributed by atoms with van der Waals surface area (Å²) in [6.07, 6.45) is 1.74. The van der Waals surface area contributed by atoms with Crippen molar-refractivity contribution < 1.29 is 19.1 Å². The van der Waals surface area contributed by atoms with E-state index >= 15 is 0 Å². The maximum atomic E-state index is 13.3. The molecule has 4 rings (SSSR count). The Hall–Kier alpha value is -3.68. The molecule has 0 bridgehead atoms. The molecule has 37 heavy (non-hydrogen) atoms. The molecule has 196 valence electrons. The molecule has 1 N–H and O–H groups in total. The van der Waals surface area contributed by atoms with Crippen LogP contribution in [0.4, 0.5) is 5.69 Å². The number of rotatable bonds is 5. The lowest BCUT2D eigenvalue weighted by Crippen LogP contribution is -2.30. The van der Waals surface area contributed by atoms with Gasteiger partial charge in [-0.3, -0.25) is 14.2 Å². The van der Waals surface area contributed by atoms with E-state index in [4.69, 9.17) is 9.47 Å². The number of aryl methyl sites for hydroxylation is 2. The van der Waals surface area contributed by atoms with Crippen molar-refractivity contribution in [3.05, 3.63) is 69.3 Å². The molecule has 0 saturated carbocycles. The van der Waals surface area contributed by atoms with Crippen LogP contribution >= 0.6 is 0 Å². The van der Waals surface area contributed by atoms with Crippen LogP contribution in [-0.2, 0) is 27.4 Å². The number of nitrogens with one attached hydrogen (secondary N) is 1. The van der Waals surface area contributed by atoms with Crippen LogP contribution < -0.4 is 10.9 Å². The Labute approximate surface area is 217 Å². The summed E-state index contributed by atoms with van der Waals surface area (Å²) in [5, 5.41) is 4.02. The number of hydrogen-bond donors (Lipinski definition) is 1. The number of esters is 2. The topological polar surface area (TPSA) is 99.5 Å². The summed E-state index contributed by atoms with van der Waals surface area (Å²) in [6.45, 7) is 12.4. The molecule has 0 aliphatic heterocycles. The Kier molecular flexibility index (Phi) is 6.88. The van der Waals surface area contributed by atoms with E-state index in [1.807, 2.05) is 45.0 Å². The predicted molar refractivity (Wildman–Crippen MR) is 143 cm³/mol. The summed E-state index contributed by atoms with van der Waals surface area (Å²) in [4.78, 5) is 42.5. The normalized spacial score (nSPS) is 15.4. The van der Waals surface area contributed by atoms with Gasteiger partial charge in [0.15, 0.2) is 6.73 Å². The summed E-state index contributed by atoms with van der Waals surface area (Å²) in [6, 6.07) is 11.1. The standard InChI is InChI=1S/C29H35N3O5/c1-17-30-24-14-19-10-13-23(31-20-11-8-18(9-12-20)26(34)37-29(5,6)7)21(19)15-22(24)25(33)32(17)16-36-27(35)28(2,3)4/h8-9,11-12,14-15,23,31H,10,13,16H2,1-7H3. The maximum absolute atomic E-state index is 13.3. The summed E-state index contributed by atoms with van der Waals surface area (Å²) in [5.74, 6) is -0.240. The van der Waals surface area contributed by atoms with Gasteiger partial charge in [-0.1, -0.05) is 0 Å². The van der Waals surface area contributed by atoms with Crippen LogP contribution in [0.15, 0.2) is 41.2 Å².